The minimum Gasteiger partial charge on any atom is -0.450 e. The fourth-order valence-electron chi connectivity index (χ4n) is 4.34. The van der Waals surface area contributed by atoms with Crippen LogP contribution in [0.3, 0.4) is 0 Å². The fourth-order valence-corrected chi connectivity index (χ4v) is 5.77. The lowest BCUT2D eigenvalue weighted by molar-refractivity contribution is -0.122. The summed E-state index contributed by atoms with van der Waals surface area (Å²) in [4.78, 5) is 49.4. The molecule has 2 aromatic heterocycles. The van der Waals surface area contributed by atoms with Crippen LogP contribution in [0.5, 0.6) is 0 Å². The first-order valence-corrected chi connectivity index (χ1v) is 13.6. The zero-order valence-corrected chi connectivity index (χ0v) is 22.9. The van der Waals surface area contributed by atoms with Crippen molar-refractivity contribution in [3.8, 4) is 0 Å². The Kier molecular flexibility index (Phi) is 7.68. The summed E-state index contributed by atoms with van der Waals surface area (Å²) in [6.45, 7) is 4.08. The van der Waals surface area contributed by atoms with Gasteiger partial charge in [-0.1, -0.05) is 59.8 Å². The van der Waals surface area contributed by atoms with Crippen molar-refractivity contribution in [2.24, 2.45) is 0 Å². The number of thioether (sulfide) groups is 1. The Morgan fingerprint density at radius 1 is 1.13 bits per heavy atom. The minimum atomic E-state index is -0.360. The average molecular weight is 570 g/mol. The highest BCUT2D eigenvalue weighted by molar-refractivity contribution is 8.26. The molecule has 196 valence electrons. The van der Waals surface area contributed by atoms with Gasteiger partial charge in [-0.2, -0.15) is 0 Å². The number of fused-ring (bicyclic) bond motifs is 1. The van der Waals surface area contributed by atoms with E-state index < -0.39 is 0 Å². The van der Waals surface area contributed by atoms with Crippen molar-refractivity contribution in [2.75, 3.05) is 37.7 Å². The van der Waals surface area contributed by atoms with Gasteiger partial charge in [-0.15, -0.1) is 0 Å². The van der Waals surface area contributed by atoms with Crippen molar-refractivity contribution >= 4 is 69.4 Å². The van der Waals surface area contributed by atoms with E-state index >= 15 is 0 Å². The maximum Gasteiger partial charge on any atom is 0.409 e. The number of rotatable bonds is 5. The summed E-state index contributed by atoms with van der Waals surface area (Å²) in [6, 6.07) is 12.6. The number of benzene rings is 1. The van der Waals surface area contributed by atoms with Gasteiger partial charge >= 0.3 is 6.09 Å². The van der Waals surface area contributed by atoms with Gasteiger partial charge < -0.3 is 14.5 Å². The lowest BCUT2D eigenvalue weighted by Gasteiger charge is -2.35. The molecule has 2 saturated heterocycles. The van der Waals surface area contributed by atoms with Crippen LogP contribution in [0.15, 0.2) is 58.4 Å². The van der Waals surface area contributed by atoms with Crippen molar-refractivity contribution in [1.82, 2.24) is 19.2 Å². The van der Waals surface area contributed by atoms with Gasteiger partial charge in [0.15, 0.2) is 0 Å². The second kappa shape index (κ2) is 11.1. The Morgan fingerprint density at radius 2 is 1.87 bits per heavy atom. The van der Waals surface area contributed by atoms with Crippen LogP contribution in [0.1, 0.15) is 18.1 Å². The number of carbonyl (C=O) groups excluding carboxylic acids is 2. The van der Waals surface area contributed by atoms with Gasteiger partial charge in [0, 0.05) is 37.4 Å². The highest BCUT2D eigenvalue weighted by Crippen LogP contribution is 2.35. The van der Waals surface area contributed by atoms with Gasteiger partial charge in [0.25, 0.3) is 11.5 Å². The van der Waals surface area contributed by atoms with Gasteiger partial charge in [0.1, 0.15) is 15.8 Å². The smallest absolute Gasteiger partial charge is 0.409 e. The molecular weight excluding hydrogens is 546 g/mol. The van der Waals surface area contributed by atoms with Crippen LogP contribution in [-0.4, -0.2) is 68.3 Å². The molecule has 0 aliphatic carbocycles. The van der Waals surface area contributed by atoms with E-state index in [0.717, 1.165) is 17.3 Å². The van der Waals surface area contributed by atoms with Crippen molar-refractivity contribution in [1.29, 1.82) is 0 Å². The lowest BCUT2D eigenvalue weighted by Crippen LogP contribution is -2.49. The molecule has 2 aliphatic heterocycles. The summed E-state index contributed by atoms with van der Waals surface area (Å²) in [5, 5.41) is 0.548. The Hall–Kier alpha value is -3.41. The normalized spacial score (nSPS) is 17.1. The molecule has 2 amide bonds. The van der Waals surface area contributed by atoms with Gasteiger partial charge in [0.05, 0.1) is 23.6 Å². The Morgan fingerprint density at radius 3 is 2.61 bits per heavy atom. The van der Waals surface area contributed by atoms with Crippen LogP contribution in [0.4, 0.5) is 10.6 Å². The van der Waals surface area contributed by atoms with E-state index in [9.17, 15) is 14.4 Å². The zero-order valence-electron chi connectivity index (χ0n) is 20.5. The number of piperazine rings is 1. The zero-order chi connectivity index (χ0) is 26.8. The van der Waals surface area contributed by atoms with Crippen molar-refractivity contribution in [3.05, 3.63) is 80.1 Å². The topological polar surface area (TPSA) is 87.5 Å². The molecule has 1 aromatic carbocycles. The molecule has 0 atom stereocenters. The summed E-state index contributed by atoms with van der Waals surface area (Å²) >= 11 is 13.0. The molecule has 0 unspecified atom stereocenters. The highest BCUT2D eigenvalue weighted by Gasteiger charge is 2.34. The molecule has 9 nitrogen and oxygen atoms in total. The van der Waals surface area contributed by atoms with Crippen LogP contribution in [0.2, 0.25) is 5.02 Å². The first-order valence-electron chi connectivity index (χ1n) is 12.0. The lowest BCUT2D eigenvalue weighted by atomic mass is 10.2. The third-order valence-electron chi connectivity index (χ3n) is 6.29. The van der Waals surface area contributed by atoms with E-state index in [1.807, 2.05) is 29.2 Å². The Balaban J connectivity index is 1.49. The molecule has 0 N–H and O–H groups in total. The number of amides is 2. The number of carbonyl (C=O) groups is 2. The molecule has 4 heterocycles. The third kappa shape index (κ3) is 5.13. The number of ether oxygens (including phenoxy) is 1. The maximum absolute atomic E-state index is 13.6. The molecule has 0 saturated carbocycles. The predicted molar refractivity (Wildman–Crippen MR) is 152 cm³/mol. The summed E-state index contributed by atoms with van der Waals surface area (Å²) in [5.41, 5.74) is 1.26. The average Bonchev–Trinajstić information content (AvgIpc) is 3.19. The van der Waals surface area contributed by atoms with E-state index in [-0.39, 0.29) is 29.7 Å². The maximum atomic E-state index is 13.6. The van der Waals surface area contributed by atoms with Crippen molar-refractivity contribution in [2.45, 2.75) is 13.5 Å². The van der Waals surface area contributed by atoms with E-state index in [0.29, 0.717) is 58.5 Å². The van der Waals surface area contributed by atoms with Crippen LogP contribution in [0.25, 0.3) is 11.7 Å². The molecule has 5 rings (SSSR count). The monoisotopic (exact) mass is 569 g/mol. The van der Waals surface area contributed by atoms with Crippen LogP contribution in [-0.2, 0) is 16.1 Å². The van der Waals surface area contributed by atoms with E-state index in [2.05, 4.69) is 0 Å². The predicted octanol–water partition coefficient (Wildman–Crippen LogP) is 4.03. The first kappa shape index (κ1) is 26.2. The van der Waals surface area contributed by atoms with E-state index in [1.165, 1.54) is 9.30 Å². The van der Waals surface area contributed by atoms with Crippen LogP contribution < -0.4 is 10.5 Å². The second-order valence-corrected chi connectivity index (χ2v) is 10.7. The van der Waals surface area contributed by atoms with Crippen LogP contribution in [0, 0.1) is 0 Å². The SMILES string of the molecule is CCOC(=O)N1CCN(c2nc3ccccn3c(=O)c2/C=C2\SC(=S)N(Cc3ccccc3Cl)C2=O)CC1. The van der Waals surface area contributed by atoms with Gasteiger partial charge in [-0.25, -0.2) is 9.78 Å². The largest absolute Gasteiger partial charge is 0.450 e. The summed E-state index contributed by atoms with van der Waals surface area (Å²) in [7, 11) is 0. The fraction of sp³-hybridized carbons (Fsp3) is 0.269. The summed E-state index contributed by atoms with van der Waals surface area (Å²) < 4.78 is 6.96. The number of pyridine rings is 1. The molecule has 0 radical (unpaired) electrons. The summed E-state index contributed by atoms with van der Waals surface area (Å²) in [5.74, 6) is 0.164. The second-order valence-electron chi connectivity index (χ2n) is 8.62. The molecule has 0 bridgehead atoms. The van der Waals surface area contributed by atoms with Crippen molar-refractivity contribution in [3.63, 3.8) is 0 Å². The minimum absolute atomic E-state index is 0.235. The molecule has 2 aliphatic rings. The van der Waals surface area contributed by atoms with Crippen molar-refractivity contribution < 1.29 is 14.3 Å². The molecule has 0 spiro atoms. The Bertz CT molecular complexity index is 1520. The molecule has 3 aromatic rings. The van der Waals surface area contributed by atoms with E-state index in [1.54, 1.807) is 42.3 Å². The molecule has 12 heteroatoms. The number of aromatic nitrogens is 2. The number of halogens is 1. The number of hydrogen-bond donors (Lipinski definition) is 0. The number of anilines is 1. The number of hydrogen-bond acceptors (Lipinski definition) is 8. The molecule has 2 fully saturated rings. The third-order valence-corrected chi connectivity index (χ3v) is 8.04. The standard InChI is InChI=1S/C26H24ClN5O4S2/c1-2-36-25(35)30-13-11-29(12-14-30)22-18(23(33)31-10-6-5-9-21(31)28-22)15-20-24(34)32(26(37)38-20)16-17-7-3-4-8-19(17)27/h3-10,15H,2,11-14,16H2,1H3/b20-15-. The molecule has 38 heavy (non-hydrogen) atoms. The number of thiocarbonyl (C=S) groups is 1. The quantitative estimate of drug-likeness (QED) is 0.336. The number of nitrogens with zero attached hydrogens (tertiary/aromatic N) is 5. The molecular formula is C26H24ClN5O4S2. The summed E-state index contributed by atoms with van der Waals surface area (Å²) in [6.07, 6.45) is 2.86. The Labute approximate surface area is 233 Å². The van der Waals surface area contributed by atoms with Crippen LogP contribution >= 0.6 is 35.6 Å². The van der Waals surface area contributed by atoms with Gasteiger partial charge in [0.2, 0.25) is 0 Å². The van der Waals surface area contributed by atoms with Gasteiger partial charge in [-0.05, 0) is 36.8 Å². The van der Waals surface area contributed by atoms with E-state index in [4.69, 9.17) is 33.5 Å². The van der Waals surface area contributed by atoms with Gasteiger partial charge in [-0.3, -0.25) is 18.9 Å². The highest BCUT2D eigenvalue weighted by atomic mass is 35.5. The first-order chi connectivity index (χ1) is 18.4.